The van der Waals surface area contributed by atoms with Crippen molar-refractivity contribution in [3.05, 3.63) is 70.4 Å². The number of halogens is 1. The Morgan fingerprint density at radius 1 is 1.04 bits per heavy atom. The lowest BCUT2D eigenvalue weighted by molar-refractivity contribution is -0.113. The molecule has 1 aliphatic heterocycles. The molecular formula is C17H10FNO4S. The Morgan fingerprint density at radius 3 is 2.25 bits per heavy atom. The largest absolute Gasteiger partial charge is 0.478 e. The molecule has 2 amide bonds. The molecule has 1 heterocycles. The fraction of sp³-hybridized carbons (Fsp3) is 0. The third-order valence-corrected chi connectivity index (χ3v) is 4.20. The van der Waals surface area contributed by atoms with Gasteiger partial charge in [0.15, 0.2) is 0 Å². The Labute approximate surface area is 140 Å². The zero-order chi connectivity index (χ0) is 17.3. The first-order valence-electron chi connectivity index (χ1n) is 6.82. The highest BCUT2D eigenvalue weighted by Gasteiger charge is 2.36. The number of carbonyl (C=O) groups is 3. The lowest BCUT2D eigenvalue weighted by Crippen LogP contribution is -2.27. The summed E-state index contributed by atoms with van der Waals surface area (Å²) in [6.07, 6.45) is 1.51. The molecule has 0 spiro atoms. The smallest absolute Gasteiger partial charge is 0.335 e. The minimum Gasteiger partial charge on any atom is -0.478 e. The lowest BCUT2D eigenvalue weighted by atomic mass is 10.1. The van der Waals surface area contributed by atoms with E-state index in [1.165, 1.54) is 42.5 Å². The maximum absolute atomic E-state index is 13.0. The summed E-state index contributed by atoms with van der Waals surface area (Å²) in [5.74, 6) is -2.00. The molecule has 24 heavy (non-hydrogen) atoms. The zero-order valence-electron chi connectivity index (χ0n) is 12.1. The summed E-state index contributed by atoms with van der Waals surface area (Å²) in [6, 6.07) is 11.0. The van der Waals surface area contributed by atoms with Gasteiger partial charge >= 0.3 is 5.97 Å². The molecule has 0 unspecified atom stereocenters. The van der Waals surface area contributed by atoms with Crippen LogP contribution in [0.25, 0.3) is 6.08 Å². The summed E-state index contributed by atoms with van der Waals surface area (Å²) in [7, 11) is 0. The molecule has 2 aromatic carbocycles. The quantitative estimate of drug-likeness (QED) is 0.859. The minimum absolute atomic E-state index is 0.131. The Hall–Kier alpha value is -2.93. The van der Waals surface area contributed by atoms with Crippen LogP contribution < -0.4 is 4.90 Å². The van der Waals surface area contributed by atoms with E-state index in [4.69, 9.17) is 5.11 Å². The molecule has 7 heteroatoms. The zero-order valence-corrected chi connectivity index (χ0v) is 12.9. The molecule has 120 valence electrons. The Kier molecular flexibility index (Phi) is 4.18. The van der Waals surface area contributed by atoms with E-state index in [0.717, 1.165) is 16.7 Å². The third-order valence-electron chi connectivity index (χ3n) is 3.33. The molecule has 0 bridgehead atoms. The standard InChI is InChI=1S/C17H10FNO4S/c18-12-5-7-13(8-6-12)19-15(20)14(24-17(19)23)9-10-1-3-11(4-2-10)16(21)22/h1-9H,(H,21,22)/b14-9-. The molecule has 3 rings (SSSR count). The van der Waals surface area contributed by atoms with Crippen molar-refractivity contribution in [1.82, 2.24) is 0 Å². The van der Waals surface area contributed by atoms with Gasteiger partial charge in [-0.2, -0.15) is 0 Å². The van der Waals surface area contributed by atoms with Crippen LogP contribution in [0.2, 0.25) is 0 Å². The Morgan fingerprint density at radius 2 is 1.67 bits per heavy atom. The second-order valence-electron chi connectivity index (χ2n) is 4.92. The average molecular weight is 343 g/mol. The topological polar surface area (TPSA) is 74.7 Å². The monoisotopic (exact) mass is 343 g/mol. The Balaban J connectivity index is 1.87. The second kappa shape index (κ2) is 6.29. The van der Waals surface area contributed by atoms with Crippen molar-refractivity contribution >= 4 is 40.6 Å². The van der Waals surface area contributed by atoms with Crippen LogP contribution in [0.5, 0.6) is 0 Å². The van der Waals surface area contributed by atoms with Gasteiger partial charge in [0, 0.05) is 0 Å². The summed E-state index contributed by atoms with van der Waals surface area (Å²) in [5, 5.41) is 8.39. The van der Waals surface area contributed by atoms with Crippen molar-refractivity contribution in [2.45, 2.75) is 0 Å². The molecule has 0 aromatic heterocycles. The van der Waals surface area contributed by atoms with E-state index in [1.54, 1.807) is 12.1 Å². The fourth-order valence-corrected chi connectivity index (χ4v) is 3.00. The number of thioether (sulfide) groups is 1. The maximum Gasteiger partial charge on any atom is 0.335 e. The molecule has 0 saturated carbocycles. The number of hydrogen-bond donors (Lipinski definition) is 1. The number of nitrogens with zero attached hydrogens (tertiary/aromatic N) is 1. The van der Waals surface area contributed by atoms with Crippen molar-refractivity contribution < 1.29 is 23.9 Å². The fourth-order valence-electron chi connectivity index (χ4n) is 2.15. The predicted molar refractivity (Wildman–Crippen MR) is 88.3 cm³/mol. The first-order chi connectivity index (χ1) is 11.5. The molecule has 0 atom stereocenters. The number of aromatic carboxylic acids is 1. The summed E-state index contributed by atoms with van der Waals surface area (Å²) < 4.78 is 13.0. The normalized spacial score (nSPS) is 16.0. The number of carbonyl (C=O) groups excluding carboxylic acids is 2. The van der Waals surface area contributed by atoms with Crippen LogP contribution in [0.15, 0.2) is 53.4 Å². The maximum atomic E-state index is 13.0. The van der Waals surface area contributed by atoms with Gasteiger partial charge in [0.05, 0.1) is 16.2 Å². The number of rotatable bonds is 3. The molecule has 1 N–H and O–H groups in total. The number of benzene rings is 2. The molecule has 0 radical (unpaired) electrons. The Bertz CT molecular complexity index is 859. The van der Waals surface area contributed by atoms with Gasteiger partial charge in [-0.3, -0.25) is 9.59 Å². The van der Waals surface area contributed by atoms with Gasteiger partial charge in [-0.1, -0.05) is 12.1 Å². The third kappa shape index (κ3) is 3.07. The van der Waals surface area contributed by atoms with Crippen molar-refractivity contribution in [1.29, 1.82) is 0 Å². The van der Waals surface area contributed by atoms with Gasteiger partial charge in [-0.15, -0.1) is 0 Å². The molecule has 1 fully saturated rings. The van der Waals surface area contributed by atoms with Crippen LogP contribution in [0.1, 0.15) is 15.9 Å². The van der Waals surface area contributed by atoms with Crippen molar-refractivity contribution in [2.75, 3.05) is 4.90 Å². The van der Waals surface area contributed by atoms with Gasteiger partial charge in [0.1, 0.15) is 5.82 Å². The SMILES string of the molecule is O=C(O)c1ccc(/C=C2\SC(=O)N(c3ccc(F)cc3)C2=O)cc1. The van der Waals surface area contributed by atoms with E-state index in [-0.39, 0.29) is 10.5 Å². The number of amides is 2. The molecule has 1 saturated heterocycles. The van der Waals surface area contributed by atoms with Gasteiger partial charge < -0.3 is 5.11 Å². The number of carboxylic acids is 1. The highest BCUT2D eigenvalue weighted by molar-refractivity contribution is 8.19. The van der Waals surface area contributed by atoms with Gasteiger partial charge in [-0.05, 0) is 59.8 Å². The number of carboxylic acid groups (broad SMARTS) is 1. The lowest BCUT2D eigenvalue weighted by Gasteiger charge is -2.11. The highest BCUT2D eigenvalue weighted by Crippen LogP contribution is 2.35. The van der Waals surface area contributed by atoms with Crippen LogP contribution in [-0.4, -0.2) is 22.2 Å². The van der Waals surface area contributed by atoms with Crippen LogP contribution in [0, 0.1) is 5.82 Å². The molecule has 2 aromatic rings. The number of hydrogen-bond acceptors (Lipinski definition) is 4. The molecule has 5 nitrogen and oxygen atoms in total. The van der Waals surface area contributed by atoms with Crippen LogP contribution in [0.4, 0.5) is 14.9 Å². The second-order valence-corrected chi connectivity index (χ2v) is 5.91. The van der Waals surface area contributed by atoms with Crippen molar-refractivity contribution in [3.63, 3.8) is 0 Å². The van der Waals surface area contributed by atoms with Crippen LogP contribution in [-0.2, 0) is 4.79 Å². The molecule has 1 aliphatic rings. The summed E-state index contributed by atoms with van der Waals surface area (Å²) in [4.78, 5) is 36.5. The van der Waals surface area contributed by atoms with Crippen LogP contribution in [0.3, 0.4) is 0 Å². The van der Waals surface area contributed by atoms with Gasteiger partial charge in [0.25, 0.3) is 11.1 Å². The van der Waals surface area contributed by atoms with E-state index in [1.807, 2.05) is 0 Å². The van der Waals surface area contributed by atoms with E-state index >= 15 is 0 Å². The highest BCUT2D eigenvalue weighted by atomic mass is 32.2. The molecular weight excluding hydrogens is 333 g/mol. The van der Waals surface area contributed by atoms with E-state index < -0.39 is 22.9 Å². The van der Waals surface area contributed by atoms with E-state index in [2.05, 4.69) is 0 Å². The minimum atomic E-state index is -1.04. The first kappa shape index (κ1) is 15.9. The van der Waals surface area contributed by atoms with E-state index in [9.17, 15) is 18.8 Å². The summed E-state index contributed by atoms with van der Waals surface area (Å²) in [5.41, 5.74) is 1.03. The molecule has 0 aliphatic carbocycles. The summed E-state index contributed by atoms with van der Waals surface area (Å²) >= 11 is 0.775. The van der Waals surface area contributed by atoms with Crippen molar-refractivity contribution in [2.24, 2.45) is 0 Å². The summed E-state index contributed by atoms with van der Waals surface area (Å²) in [6.45, 7) is 0. The first-order valence-corrected chi connectivity index (χ1v) is 7.64. The van der Waals surface area contributed by atoms with Crippen molar-refractivity contribution in [3.8, 4) is 0 Å². The van der Waals surface area contributed by atoms with Gasteiger partial charge in [0.2, 0.25) is 0 Å². The van der Waals surface area contributed by atoms with Crippen LogP contribution >= 0.6 is 11.8 Å². The van der Waals surface area contributed by atoms with E-state index in [0.29, 0.717) is 11.3 Å². The average Bonchev–Trinajstić information content (AvgIpc) is 2.83. The predicted octanol–water partition coefficient (Wildman–Crippen LogP) is 3.76. The number of anilines is 1. The number of imide groups is 1. The van der Waals surface area contributed by atoms with Gasteiger partial charge in [-0.25, -0.2) is 14.1 Å².